The first-order valence-electron chi connectivity index (χ1n) is 8.53. The molecular weight excluding hydrogens is 324 g/mol. The summed E-state index contributed by atoms with van der Waals surface area (Å²) in [6.07, 6.45) is 4.19. The summed E-state index contributed by atoms with van der Waals surface area (Å²) in [6, 6.07) is 7.67. The second-order valence-corrected chi connectivity index (χ2v) is 8.34. The van der Waals surface area contributed by atoms with E-state index in [0.29, 0.717) is 11.4 Å². The van der Waals surface area contributed by atoms with Gasteiger partial charge in [0.25, 0.3) is 0 Å². The van der Waals surface area contributed by atoms with Crippen molar-refractivity contribution in [3.05, 3.63) is 46.5 Å². The van der Waals surface area contributed by atoms with Gasteiger partial charge in [-0.05, 0) is 42.4 Å². The van der Waals surface area contributed by atoms with Gasteiger partial charge in [-0.2, -0.15) is 0 Å². The van der Waals surface area contributed by atoms with Crippen LogP contribution in [0.25, 0.3) is 0 Å². The lowest BCUT2D eigenvalue weighted by Crippen LogP contribution is -2.41. The van der Waals surface area contributed by atoms with Crippen LogP contribution in [0, 0.1) is 17.3 Å². The van der Waals surface area contributed by atoms with Gasteiger partial charge in [-0.3, -0.25) is 4.79 Å². The molecule has 1 fully saturated rings. The molecule has 2 aliphatic rings. The quantitative estimate of drug-likeness (QED) is 0.638. The van der Waals surface area contributed by atoms with E-state index in [4.69, 9.17) is 16.3 Å². The topological polar surface area (TPSA) is 46.5 Å². The van der Waals surface area contributed by atoms with Crippen molar-refractivity contribution in [2.75, 3.05) is 7.11 Å². The first-order valence-corrected chi connectivity index (χ1v) is 8.90. The summed E-state index contributed by atoms with van der Waals surface area (Å²) in [5.41, 5.74) is 2.43. The molecule has 0 spiro atoms. The summed E-state index contributed by atoms with van der Waals surface area (Å²) in [6.45, 7) is 4.38. The first-order chi connectivity index (χ1) is 11.3. The number of aliphatic hydroxyl groups excluding tert-OH is 1. The summed E-state index contributed by atoms with van der Waals surface area (Å²) >= 11 is 6.00. The maximum absolute atomic E-state index is 12.4. The summed E-state index contributed by atoms with van der Waals surface area (Å²) in [7, 11) is 1.43. The van der Waals surface area contributed by atoms with Crippen LogP contribution in [-0.4, -0.2) is 24.3 Å². The Kier molecular flexibility index (Phi) is 4.76. The SMILES string of the molecule is COC(=O)[C@H]1C[C@@H]2C(=C[C@H]1c1ccc(Cl)cc1)CC(C)(C)C[C@@H]2O. The predicted molar refractivity (Wildman–Crippen MR) is 94.9 cm³/mol. The van der Waals surface area contributed by atoms with Gasteiger partial charge in [-0.15, -0.1) is 0 Å². The summed E-state index contributed by atoms with van der Waals surface area (Å²) in [5, 5.41) is 11.3. The number of allylic oxidation sites excluding steroid dienone is 1. The highest BCUT2D eigenvalue weighted by molar-refractivity contribution is 6.30. The number of carbonyl (C=O) groups is 1. The Morgan fingerprint density at radius 2 is 1.96 bits per heavy atom. The Morgan fingerprint density at radius 1 is 1.29 bits per heavy atom. The predicted octanol–water partition coefficient (Wildman–Crippen LogP) is 4.34. The van der Waals surface area contributed by atoms with E-state index in [1.54, 1.807) is 0 Å². The first kappa shape index (κ1) is 17.5. The van der Waals surface area contributed by atoms with Crippen molar-refractivity contribution in [2.45, 2.75) is 45.1 Å². The summed E-state index contributed by atoms with van der Waals surface area (Å²) < 4.78 is 5.05. The molecule has 0 aliphatic heterocycles. The third-order valence-electron chi connectivity index (χ3n) is 5.48. The third-order valence-corrected chi connectivity index (χ3v) is 5.73. The lowest BCUT2D eigenvalue weighted by Gasteiger charge is -2.45. The zero-order chi connectivity index (χ0) is 17.5. The molecule has 1 aromatic carbocycles. The average Bonchev–Trinajstić information content (AvgIpc) is 2.53. The summed E-state index contributed by atoms with van der Waals surface area (Å²) in [5.74, 6) is -0.434. The molecule has 0 aromatic heterocycles. The van der Waals surface area contributed by atoms with Crippen molar-refractivity contribution in [1.82, 2.24) is 0 Å². The molecule has 0 radical (unpaired) electrons. The van der Waals surface area contributed by atoms with E-state index in [9.17, 15) is 9.90 Å². The number of rotatable bonds is 2. The van der Waals surface area contributed by atoms with Crippen molar-refractivity contribution in [2.24, 2.45) is 17.3 Å². The largest absolute Gasteiger partial charge is 0.469 e. The molecule has 1 aromatic rings. The van der Waals surface area contributed by atoms with Crippen LogP contribution in [0.5, 0.6) is 0 Å². The summed E-state index contributed by atoms with van der Waals surface area (Å²) in [4.78, 5) is 12.4. The van der Waals surface area contributed by atoms with Crippen LogP contribution in [0.1, 0.15) is 44.6 Å². The van der Waals surface area contributed by atoms with Gasteiger partial charge in [0.05, 0.1) is 19.1 Å². The second kappa shape index (κ2) is 6.53. The minimum Gasteiger partial charge on any atom is -0.469 e. The number of ether oxygens (including phenoxy) is 1. The van der Waals surface area contributed by atoms with Crippen molar-refractivity contribution in [3.8, 4) is 0 Å². The van der Waals surface area contributed by atoms with Crippen LogP contribution in [0.15, 0.2) is 35.9 Å². The van der Waals surface area contributed by atoms with Crippen LogP contribution in [0.3, 0.4) is 0 Å². The van der Waals surface area contributed by atoms with Crippen molar-refractivity contribution < 1.29 is 14.6 Å². The molecule has 1 N–H and O–H groups in total. The van der Waals surface area contributed by atoms with E-state index in [2.05, 4.69) is 19.9 Å². The fourth-order valence-electron chi connectivity index (χ4n) is 4.38. The maximum Gasteiger partial charge on any atom is 0.309 e. The van der Waals surface area contributed by atoms with Crippen LogP contribution >= 0.6 is 11.6 Å². The number of fused-ring (bicyclic) bond motifs is 1. The highest BCUT2D eigenvalue weighted by Crippen LogP contribution is 2.50. The van der Waals surface area contributed by atoms with Crippen molar-refractivity contribution >= 4 is 17.6 Å². The van der Waals surface area contributed by atoms with Gasteiger partial charge < -0.3 is 9.84 Å². The monoisotopic (exact) mass is 348 g/mol. The Labute approximate surface area is 148 Å². The standard InChI is InChI=1S/C20H25ClO3/c1-20(2)10-13-8-15(12-4-6-14(21)7-5-12)17(19(23)24-3)9-16(13)18(22)11-20/h4-8,15-18,22H,9-11H2,1-3H3/t15-,16+,17-,18-/m0/s1. The fourth-order valence-corrected chi connectivity index (χ4v) is 4.50. The molecule has 0 saturated heterocycles. The third kappa shape index (κ3) is 3.38. The number of carbonyl (C=O) groups excluding carboxylic acids is 1. The molecule has 0 unspecified atom stereocenters. The Bertz CT molecular complexity index is 647. The molecule has 24 heavy (non-hydrogen) atoms. The second-order valence-electron chi connectivity index (χ2n) is 7.90. The number of hydrogen-bond donors (Lipinski definition) is 1. The van der Waals surface area contributed by atoms with Crippen LogP contribution in [0.4, 0.5) is 0 Å². The molecular formula is C20H25ClO3. The number of hydrogen-bond acceptors (Lipinski definition) is 3. The van der Waals surface area contributed by atoms with E-state index in [-0.39, 0.29) is 29.1 Å². The molecule has 2 aliphatic carbocycles. The van der Waals surface area contributed by atoms with Gasteiger partial charge in [0.15, 0.2) is 0 Å². The molecule has 130 valence electrons. The molecule has 3 nitrogen and oxygen atoms in total. The van der Waals surface area contributed by atoms with Gasteiger partial charge in [-0.1, -0.05) is 49.2 Å². The van der Waals surface area contributed by atoms with E-state index < -0.39 is 6.10 Å². The zero-order valence-corrected chi connectivity index (χ0v) is 15.2. The van der Waals surface area contributed by atoms with Crippen LogP contribution in [0.2, 0.25) is 5.02 Å². The normalized spacial score (nSPS) is 31.8. The highest BCUT2D eigenvalue weighted by atomic mass is 35.5. The Balaban J connectivity index is 2.01. The molecule has 0 bridgehead atoms. The van der Waals surface area contributed by atoms with Gasteiger partial charge in [0.2, 0.25) is 0 Å². The minimum absolute atomic E-state index is 0.0259. The van der Waals surface area contributed by atoms with E-state index in [1.165, 1.54) is 12.7 Å². The zero-order valence-electron chi connectivity index (χ0n) is 14.5. The Hall–Kier alpha value is -1.32. The van der Waals surface area contributed by atoms with Crippen LogP contribution < -0.4 is 0 Å². The number of halogens is 1. The smallest absolute Gasteiger partial charge is 0.309 e. The van der Waals surface area contributed by atoms with Gasteiger partial charge in [0.1, 0.15) is 0 Å². The highest BCUT2D eigenvalue weighted by Gasteiger charge is 2.44. The van der Waals surface area contributed by atoms with E-state index >= 15 is 0 Å². The van der Waals surface area contributed by atoms with Crippen molar-refractivity contribution in [1.29, 1.82) is 0 Å². The van der Waals surface area contributed by atoms with Gasteiger partial charge >= 0.3 is 5.97 Å². The molecule has 4 atom stereocenters. The molecule has 4 heteroatoms. The van der Waals surface area contributed by atoms with E-state index in [1.807, 2.05) is 24.3 Å². The van der Waals surface area contributed by atoms with Crippen LogP contribution in [-0.2, 0) is 9.53 Å². The lowest BCUT2D eigenvalue weighted by atomic mass is 9.61. The number of aliphatic hydroxyl groups is 1. The maximum atomic E-state index is 12.4. The molecule has 0 heterocycles. The van der Waals surface area contributed by atoms with Gasteiger partial charge in [0, 0.05) is 16.9 Å². The fraction of sp³-hybridized carbons (Fsp3) is 0.550. The molecule has 1 saturated carbocycles. The van der Waals surface area contributed by atoms with Gasteiger partial charge in [-0.25, -0.2) is 0 Å². The number of methoxy groups -OCH3 is 1. The molecule has 3 rings (SSSR count). The Morgan fingerprint density at radius 3 is 2.58 bits per heavy atom. The van der Waals surface area contributed by atoms with Crippen molar-refractivity contribution in [3.63, 3.8) is 0 Å². The lowest BCUT2D eigenvalue weighted by molar-refractivity contribution is -0.147. The molecule has 0 amide bonds. The minimum atomic E-state index is -0.390. The average molecular weight is 349 g/mol. The number of benzene rings is 1. The van der Waals surface area contributed by atoms with E-state index in [0.717, 1.165) is 18.4 Å². The number of esters is 1.